The van der Waals surface area contributed by atoms with Crippen molar-refractivity contribution in [2.75, 3.05) is 18.5 Å². The number of hydrogen-bond donors (Lipinski definition) is 0. The van der Waals surface area contributed by atoms with E-state index in [-0.39, 0.29) is 12.1 Å². The van der Waals surface area contributed by atoms with Gasteiger partial charge >= 0.3 is 12.2 Å². The lowest BCUT2D eigenvalue weighted by atomic mass is 9.95. The third-order valence-electron chi connectivity index (χ3n) is 4.29. The molecule has 0 N–H and O–H groups in total. The van der Waals surface area contributed by atoms with Crippen LogP contribution in [-0.2, 0) is 9.47 Å². The highest BCUT2D eigenvalue weighted by Crippen LogP contribution is 2.36. The molecule has 0 saturated carbocycles. The first-order valence-corrected chi connectivity index (χ1v) is 9.80. The third kappa shape index (κ3) is 5.84. The van der Waals surface area contributed by atoms with Crippen LogP contribution in [0.1, 0.15) is 72.4 Å². The molecule has 1 saturated heterocycles. The summed E-state index contributed by atoms with van der Waals surface area (Å²) in [7, 11) is 1.64. The number of carbonyl (C=O) groups excluding carboxylic acids is 2. The van der Waals surface area contributed by atoms with Crippen LogP contribution in [0.5, 0.6) is 0 Å². The maximum absolute atomic E-state index is 12.8. The average molecular weight is 392 g/mol. The van der Waals surface area contributed by atoms with E-state index in [0.29, 0.717) is 12.4 Å². The number of hydrogen-bond acceptors (Lipinski definition) is 5. The molecular formula is C21H33N3O4. The number of ether oxygens (including phenoxy) is 2. The maximum Gasteiger partial charge on any atom is 0.415 e. The summed E-state index contributed by atoms with van der Waals surface area (Å²) in [6, 6.07) is 3.54. The fourth-order valence-corrected chi connectivity index (χ4v) is 3.16. The first-order valence-electron chi connectivity index (χ1n) is 9.80. The molecule has 0 radical (unpaired) electrons. The molecule has 2 rings (SSSR count). The number of rotatable bonds is 2. The zero-order valence-corrected chi connectivity index (χ0v) is 18.1. The molecule has 7 heteroatoms. The van der Waals surface area contributed by atoms with Gasteiger partial charge in [0, 0.05) is 25.4 Å². The lowest BCUT2D eigenvalue weighted by Gasteiger charge is -2.38. The molecule has 0 unspecified atom stereocenters. The van der Waals surface area contributed by atoms with E-state index in [9.17, 15) is 9.59 Å². The molecule has 2 heterocycles. The molecule has 0 bridgehead atoms. The number of nitrogens with zero attached hydrogens (tertiary/aromatic N) is 3. The molecule has 0 spiro atoms. The summed E-state index contributed by atoms with van der Waals surface area (Å²) >= 11 is 0. The zero-order chi connectivity index (χ0) is 21.1. The molecule has 0 aromatic carbocycles. The second-order valence-corrected chi connectivity index (χ2v) is 9.14. The van der Waals surface area contributed by atoms with E-state index in [4.69, 9.17) is 9.47 Å². The van der Waals surface area contributed by atoms with Crippen molar-refractivity contribution in [2.45, 2.75) is 78.0 Å². The topological polar surface area (TPSA) is 72.0 Å². The Bertz CT molecular complexity index is 706. The molecular weight excluding hydrogens is 358 g/mol. The van der Waals surface area contributed by atoms with Crippen molar-refractivity contribution in [3.05, 3.63) is 23.9 Å². The average Bonchev–Trinajstić information content (AvgIpc) is 2.58. The number of aromatic nitrogens is 1. The van der Waals surface area contributed by atoms with Crippen molar-refractivity contribution in [1.82, 2.24) is 9.88 Å². The van der Waals surface area contributed by atoms with Crippen molar-refractivity contribution >= 4 is 18.0 Å². The number of amides is 2. The SMILES string of the molecule is CN(C(=O)OC(C)(C)C)c1ncccc1[C@@H]1CCCCN1C(=O)OC(C)(C)C. The van der Waals surface area contributed by atoms with Gasteiger partial charge < -0.3 is 14.4 Å². The van der Waals surface area contributed by atoms with Crippen LogP contribution in [0.3, 0.4) is 0 Å². The Morgan fingerprint density at radius 2 is 1.75 bits per heavy atom. The Hall–Kier alpha value is -2.31. The summed E-state index contributed by atoms with van der Waals surface area (Å²) in [4.78, 5) is 32.9. The predicted molar refractivity (Wildman–Crippen MR) is 108 cm³/mol. The Kier molecular flexibility index (Phi) is 6.57. The van der Waals surface area contributed by atoms with Crippen LogP contribution in [-0.4, -0.2) is 46.9 Å². The highest BCUT2D eigenvalue weighted by molar-refractivity contribution is 5.87. The first-order chi connectivity index (χ1) is 12.9. The summed E-state index contributed by atoms with van der Waals surface area (Å²) in [6.45, 7) is 11.7. The van der Waals surface area contributed by atoms with E-state index >= 15 is 0 Å². The van der Waals surface area contributed by atoms with Crippen LogP contribution >= 0.6 is 0 Å². The van der Waals surface area contributed by atoms with Crippen LogP contribution in [0.15, 0.2) is 18.3 Å². The van der Waals surface area contributed by atoms with E-state index in [0.717, 1.165) is 24.8 Å². The number of likely N-dealkylation sites (tertiary alicyclic amines) is 1. The monoisotopic (exact) mass is 391 g/mol. The Labute approximate surface area is 168 Å². The number of piperidine rings is 1. The van der Waals surface area contributed by atoms with E-state index in [1.165, 1.54) is 4.90 Å². The van der Waals surface area contributed by atoms with E-state index in [1.807, 2.05) is 53.7 Å². The predicted octanol–water partition coefficient (Wildman–Crippen LogP) is 4.92. The number of carbonyl (C=O) groups is 2. The molecule has 2 amide bonds. The number of anilines is 1. The summed E-state index contributed by atoms with van der Waals surface area (Å²) in [6.07, 6.45) is 3.53. The molecule has 1 aliphatic rings. The quantitative estimate of drug-likeness (QED) is 0.716. The van der Waals surface area contributed by atoms with Crippen molar-refractivity contribution < 1.29 is 19.1 Å². The molecule has 7 nitrogen and oxygen atoms in total. The Balaban J connectivity index is 2.32. The maximum atomic E-state index is 12.8. The van der Waals surface area contributed by atoms with Gasteiger partial charge in [-0.3, -0.25) is 4.90 Å². The van der Waals surface area contributed by atoms with Gasteiger partial charge in [-0.1, -0.05) is 6.07 Å². The molecule has 156 valence electrons. The van der Waals surface area contributed by atoms with Crippen LogP contribution < -0.4 is 4.90 Å². The lowest BCUT2D eigenvalue weighted by Crippen LogP contribution is -2.42. The minimum atomic E-state index is -0.603. The lowest BCUT2D eigenvalue weighted by molar-refractivity contribution is 0.00955. The van der Waals surface area contributed by atoms with Crippen molar-refractivity contribution in [2.24, 2.45) is 0 Å². The van der Waals surface area contributed by atoms with Gasteiger partial charge in [-0.25, -0.2) is 14.6 Å². The fourth-order valence-electron chi connectivity index (χ4n) is 3.16. The first kappa shape index (κ1) is 22.0. The van der Waals surface area contributed by atoms with Crippen LogP contribution in [0.2, 0.25) is 0 Å². The molecule has 0 aliphatic carbocycles. The second kappa shape index (κ2) is 8.37. The van der Waals surface area contributed by atoms with Gasteiger partial charge in [-0.05, 0) is 66.9 Å². The smallest absolute Gasteiger partial charge is 0.415 e. The molecule has 28 heavy (non-hydrogen) atoms. The molecule has 1 aromatic heterocycles. The molecule has 1 aromatic rings. The molecule has 1 aliphatic heterocycles. The fraction of sp³-hybridized carbons (Fsp3) is 0.667. The summed E-state index contributed by atoms with van der Waals surface area (Å²) in [5, 5.41) is 0. The Morgan fingerprint density at radius 1 is 1.11 bits per heavy atom. The minimum Gasteiger partial charge on any atom is -0.444 e. The number of pyridine rings is 1. The minimum absolute atomic E-state index is 0.197. The van der Waals surface area contributed by atoms with Crippen molar-refractivity contribution in [3.63, 3.8) is 0 Å². The van der Waals surface area contributed by atoms with Crippen molar-refractivity contribution in [1.29, 1.82) is 0 Å². The van der Waals surface area contributed by atoms with Gasteiger partial charge in [0.1, 0.15) is 17.0 Å². The summed E-state index contributed by atoms with van der Waals surface area (Å²) < 4.78 is 11.1. The van der Waals surface area contributed by atoms with Crippen LogP contribution in [0.25, 0.3) is 0 Å². The van der Waals surface area contributed by atoms with E-state index in [1.54, 1.807) is 18.1 Å². The highest BCUT2D eigenvalue weighted by Gasteiger charge is 2.34. The summed E-state index contributed by atoms with van der Waals surface area (Å²) in [5.41, 5.74) is -0.348. The highest BCUT2D eigenvalue weighted by atomic mass is 16.6. The van der Waals surface area contributed by atoms with Crippen LogP contribution in [0, 0.1) is 0 Å². The zero-order valence-electron chi connectivity index (χ0n) is 18.1. The molecule has 1 atom stereocenters. The van der Waals surface area contributed by atoms with Gasteiger partial charge in [0.25, 0.3) is 0 Å². The van der Waals surface area contributed by atoms with Gasteiger partial charge in [0.2, 0.25) is 0 Å². The van der Waals surface area contributed by atoms with Crippen molar-refractivity contribution in [3.8, 4) is 0 Å². The Morgan fingerprint density at radius 3 is 2.36 bits per heavy atom. The normalized spacial score (nSPS) is 17.8. The van der Waals surface area contributed by atoms with E-state index in [2.05, 4.69) is 4.98 Å². The van der Waals surface area contributed by atoms with Gasteiger partial charge in [0.15, 0.2) is 0 Å². The molecule has 1 fully saturated rings. The van der Waals surface area contributed by atoms with Crippen LogP contribution in [0.4, 0.5) is 15.4 Å². The van der Waals surface area contributed by atoms with Gasteiger partial charge in [0.05, 0.1) is 6.04 Å². The second-order valence-electron chi connectivity index (χ2n) is 9.14. The van der Waals surface area contributed by atoms with Gasteiger partial charge in [-0.2, -0.15) is 0 Å². The van der Waals surface area contributed by atoms with Gasteiger partial charge in [-0.15, -0.1) is 0 Å². The standard InChI is InChI=1S/C21H33N3O4/c1-20(2,3)27-18(25)23(7)17-15(11-10-13-22-17)16-12-8-9-14-24(16)19(26)28-21(4,5)6/h10-11,13,16H,8-9,12,14H2,1-7H3/t16-/m0/s1. The van der Waals surface area contributed by atoms with E-state index < -0.39 is 17.3 Å². The summed E-state index contributed by atoms with van der Waals surface area (Å²) in [5.74, 6) is 0.497. The third-order valence-corrected chi connectivity index (χ3v) is 4.29. The largest absolute Gasteiger partial charge is 0.444 e.